The zero-order chi connectivity index (χ0) is 11.4. The molecule has 1 heterocycles. The highest BCUT2D eigenvalue weighted by Gasteiger charge is 2.30. The van der Waals surface area contributed by atoms with Crippen LogP contribution >= 0.6 is 0 Å². The lowest BCUT2D eigenvalue weighted by Crippen LogP contribution is -2.50. The number of hydrogen-bond acceptors (Lipinski definition) is 2. The lowest BCUT2D eigenvalue weighted by atomic mass is 9.88. The Balaban J connectivity index is 2.53. The molecule has 1 N–H and O–H groups in total. The number of nitrogens with zero attached hydrogens (tertiary/aromatic N) is 1. The maximum atomic E-state index is 3.29. The van der Waals surface area contributed by atoms with Crippen LogP contribution in [0.1, 0.15) is 40.5 Å². The molecule has 1 rings (SSSR count). The van der Waals surface area contributed by atoms with Gasteiger partial charge in [-0.3, -0.25) is 4.90 Å². The van der Waals surface area contributed by atoms with E-state index in [1.54, 1.807) is 0 Å². The van der Waals surface area contributed by atoms with Crippen LogP contribution in [0.25, 0.3) is 0 Å². The Labute approximate surface area is 95.4 Å². The number of nitrogens with one attached hydrogen (secondary N) is 1. The zero-order valence-corrected chi connectivity index (χ0v) is 11.1. The highest BCUT2D eigenvalue weighted by molar-refractivity contribution is 4.84. The zero-order valence-electron chi connectivity index (χ0n) is 11.1. The van der Waals surface area contributed by atoms with Gasteiger partial charge in [0.15, 0.2) is 0 Å². The predicted octanol–water partition coefficient (Wildman–Crippen LogP) is 2.35. The van der Waals surface area contributed by atoms with Crippen LogP contribution in [0.2, 0.25) is 0 Å². The summed E-state index contributed by atoms with van der Waals surface area (Å²) in [6.07, 6.45) is 2.78. The fourth-order valence-electron chi connectivity index (χ4n) is 2.76. The lowest BCUT2D eigenvalue weighted by Gasteiger charge is -2.43. The first-order valence-electron chi connectivity index (χ1n) is 6.48. The Hall–Kier alpha value is -0.0800. The molecule has 90 valence electrons. The van der Waals surface area contributed by atoms with Crippen molar-refractivity contribution in [2.75, 3.05) is 20.1 Å². The molecular formula is C13H28N2. The first kappa shape index (κ1) is 13.0. The first-order chi connectivity index (χ1) is 7.07. The van der Waals surface area contributed by atoms with E-state index in [9.17, 15) is 0 Å². The number of likely N-dealkylation sites (tertiary alicyclic amines) is 1. The van der Waals surface area contributed by atoms with Crippen LogP contribution in [-0.2, 0) is 0 Å². The van der Waals surface area contributed by atoms with Crippen LogP contribution < -0.4 is 5.32 Å². The minimum atomic E-state index is 0.704. The lowest BCUT2D eigenvalue weighted by molar-refractivity contribution is 0.0524. The van der Waals surface area contributed by atoms with Gasteiger partial charge in [0.05, 0.1) is 0 Å². The number of hydrogen-bond donors (Lipinski definition) is 1. The fourth-order valence-corrected chi connectivity index (χ4v) is 2.76. The highest BCUT2D eigenvalue weighted by Crippen LogP contribution is 2.26. The van der Waals surface area contributed by atoms with Gasteiger partial charge < -0.3 is 5.32 Å². The molecular weight excluding hydrogens is 184 g/mol. The number of rotatable bonds is 4. The molecule has 2 heteroatoms. The molecule has 2 nitrogen and oxygen atoms in total. The van der Waals surface area contributed by atoms with Gasteiger partial charge >= 0.3 is 0 Å². The Morgan fingerprint density at radius 2 is 2.00 bits per heavy atom. The van der Waals surface area contributed by atoms with Crippen molar-refractivity contribution in [3.63, 3.8) is 0 Å². The van der Waals surface area contributed by atoms with Crippen LogP contribution in [0.3, 0.4) is 0 Å². The second kappa shape index (κ2) is 5.86. The Kier molecular flexibility index (Phi) is 5.07. The Morgan fingerprint density at radius 3 is 2.60 bits per heavy atom. The molecule has 0 bridgehead atoms. The SMILES string of the molecule is CNCC(C)C(C)N1CCCC(C)C1C. The maximum Gasteiger partial charge on any atom is 0.0108 e. The van der Waals surface area contributed by atoms with Crippen LogP contribution in [0.5, 0.6) is 0 Å². The van der Waals surface area contributed by atoms with Crippen LogP contribution in [0, 0.1) is 11.8 Å². The van der Waals surface area contributed by atoms with Gasteiger partial charge in [0.25, 0.3) is 0 Å². The quantitative estimate of drug-likeness (QED) is 0.769. The summed E-state index contributed by atoms with van der Waals surface area (Å²) in [5.74, 6) is 1.60. The third kappa shape index (κ3) is 3.18. The highest BCUT2D eigenvalue weighted by atomic mass is 15.2. The van der Waals surface area contributed by atoms with E-state index in [1.165, 1.54) is 19.4 Å². The molecule has 0 spiro atoms. The minimum absolute atomic E-state index is 0.704. The van der Waals surface area contributed by atoms with Gasteiger partial charge in [0.2, 0.25) is 0 Å². The van der Waals surface area contributed by atoms with Crippen molar-refractivity contribution >= 4 is 0 Å². The third-order valence-electron chi connectivity index (χ3n) is 4.30. The normalized spacial score (nSPS) is 32.6. The van der Waals surface area contributed by atoms with Crippen molar-refractivity contribution in [1.82, 2.24) is 10.2 Å². The molecule has 0 aromatic carbocycles. The number of piperidine rings is 1. The monoisotopic (exact) mass is 212 g/mol. The molecule has 4 atom stereocenters. The van der Waals surface area contributed by atoms with E-state index in [-0.39, 0.29) is 0 Å². The van der Waals surface area contributed by atoms with Crippen LogP contribution in [-0.4, -0.2) is 37.1 Å². The summed E-state index contributed by atoms with van der Waals surface area (Å²) >= 11 is 0. The van der Waals surface area contributed by atoms with Gasteiger partial charge in [-0.15, -0.1) is 0 Å². The Morgan fingerprint density at radius 1 is 1.33 bits per heavy atom. The molecule has 0 saturated carbocycles. The standard InChI is InChI=1S/C13H28N2/c1-10-7-6-8-15(12(10)3)13(4)11(2)9-14-5/h10-14H,6-9H2,1-5H3. The molecule has 15 heavy (non-hydrogen) atoms. The van der Waals surface area contributed by atoms with Crippen molar-refractivity contribution in [3.8, 4) is 0 Å². The van der Waals surface area contributed by atoms with Gasteiger partial charge in [0.1, 0.15) is 0 Å². The molecule has 0 aromatic heterocycles. The van der Waals surface area contributed by atoms with Crippen molar-refractivity contribution in [2.45, 2.75) is 52.6 Å². The summed E-state index contributed by atoms with van der Waals surface area (Å²) < 4.78 is 0. The van der Waals surface area contributed by atoms with E-state index in [0.29, 0.717) is 6.04 Å². The largest absolute Gasteiger partial charge is 0.319 e. The molecule has 1 aliphatic rings. The minimum Gasteiger partial charge on any atom is -0.319 e. The summed E-state index contributed by atoms with van der Waals surface area (Å²) in [6.45, 7) is 11.9. The second-order valence-corrected chi connectivity index (χ2v) is 5.37. The van der Waals surface area contributed by atoms with Gasteiger partial charge in [0, 0.05) is 12.1 Å². The van der Waals surface area contributed by atoms with Gasteiger partial charge in [-0.05, 0) is 58.7 Å². The van der Waals surface area contributed by atoms with E-state index in [0.717, 1.165) is 24.4 Å². The maximum absolute atomic E-state index is 3.29. The average molecular weight is 212 g/mol. The van der Waals surface area contributed by atoms with Crippen molar-refractivity contribution in [1.29, 1.82) is 0 Å². The van der Waals surface area contributed by atoms with E-state index < -0.39 is 0 Å². The first-order valence-corrected chi connectivity index (χ1v) is 6.48. The van der Waals surface area contributed by atoms with Crippen molar-refractivity contribution in [2.24, 2.45) is 11.8 Å². The van der Waals surface area contributed by atoms with E-state index in [2.05, 4.69) is 37.9 Å². The van der Waals surface area contributed by atoms with Crippen molar-refractivity contribution in [3.05, 3.63) is 0 Å². The second-order valence-electron chi connectivity index (χ2n) is 5.37. The third-order valence-corrected chi connectivity index (χ3v) is 4.30. The summed E-state index contributed by atoms with van der Waals surface area (Å²) in [6, 6.07) is 1.46. The Bertz CT molecular complexity index is 181. The van der Waals surface area contributed by atoms with Gasteiger partial charge in [-0.1, -0.05) is 13.8 Å². The van der Waals surface area contributed by atoms with E-state index >= 15 is 0 Å². The average Bonchev–Trinajstić information content (AvgIpc) is 2.21. The molecule has 0 amide bonds. The van der Waals surface area contributed by atoms with E-state index in [4.69, 9.17) is 0 Å². The summed E-state index contributed by atoms with van der Waals surface area (Å²) in [5, 5.41) is 3.29. The smallest absolute Gasteiger partial charge is 0.0108 e. The molecule has 0 aromatic rings. The summed E-state index contributed by atoms with van der Waals surface area (Å²) in [5.41, 5.74) is 0. The summed E-state index contributed by atoms with van der Waals surface area (Å²) in [7, 11) is 2.05. The topological polar surface area (TPSA) is 15.3 Å². The van der Waals surface area contributed by atoms with E-state index in [1.807, 2.05) is 7.05 Å². The summed E-state index contributed by atoms with van der Waals surface area (Å²) in [4.78, 5) is 2.70. The molecule has 1 aliphatic heterocycles. The van der Waals surface area contributed by atoms with Crippen molar-refractivity contribution < 1.29 is 0 Å². The molecule has 1 saturated heterocycles. The fraction of sp³-hybridized carbons (Fsp3) is 1.00. The molecule has 4 unspecified atom stereocenters. The molecule has 0 radical (unpaired) electrons. The van der Waals surface area contributed by atoms with Crippen LogP contribution in [0.4, 0.5) is 0 Å². The predicted molar refractivity (Wildman–Crippen MR) is 67.1 cm³/mol. The van der Waals surface area contributed by atoms with Crippen LogP contribution in [0.15, 0.2) is 0 Å². The van der Waals surface area contributed by atoms with Gasteiger partial charge in [-0.25, -0.2) is 0 Å². The van der Waals surface area contributed by atoms with Gasteiger partial charge in [-0.2, -0.15) is 0 Å². The molecule has 1 fully saturated rings. The molecule has 0 aliphatic carbocycles.